The predicted octanol–water partition coefficient (Wildman–Crippen LogP) is 9.72. The van der Waals surface area contributed by atoms with Gasteiger partial charge in [-0.15, -0.1) is 0 Å². The maximum atomic E-state index is 5.17. The molecule has 0 bridgehead atoms. The molecule has 41 heavy (non-hydrogen) atoms. The van der Waals surface area contributed by atoms with Crippen LogP contribution in [0.25, 0.3) is 55.2 Å². The summed E-state index contributed by atoms with van der Waals surface area (Å²) in [6.07, 6.45) is 0. The molecule has 7 rings (SSSR count). The van der Waals surface area contributed by atoms with Gasteiger partial charge >= 0.3 is 0 Å². The molecule has 4 heteroatoms. The fourth-order valence-electron chi connectivity index (χ4n) is 5.82. The monoisotopic (exact) mass is 537 g/mol. The van der Waals surface area contributed by atoms with Crippen molar-refractivity contribution in [1.29, 1.82) is 0 Å². The Balaban J connectivity index is 0.00000302. The first-order valence-electron chi connectivity index (χ1n) is 14.0. The van der Waals surface area contributed by atoms with E-state index in [2.05, 4.69) is 148 Å². The Morgan fingerprint density at radius 2 is 0.878 bits per heavy atom. The van der Waals surface area contributed by atoms with Gasteiger partial charge in [-0.1, -0.05) is 84.0 Å². The number of aromatic nitrogens is 4. The largest absolute Gasteiger partial charge is 0.358 e. The van der Waals surface area contributed by atoms with E-state index in [4.69, 9.17) is 9.97 Å². The van der Waals surface area contributed by atoms with Crippen molar-refractivity contribution in [2.45, 2.75) is 52.4 Å². The molecule has 4 aromatic heterocycles. The first-order chi connectivity index (χ1) is 19.1. The van der Waals surface area contributed by atoms with Crippen LogP contribution in [-0.4, -0.2) is 19.1 Å². The van der Waals surface area contributed by atoms with E-state index in [0.717, 1.165) is 55.9 Å². The molecule has 0 saturated carbocycles. The topological polar surface area (TPSA) is 35.6 Å². The summed E-state index contributed by atoms with van der Waals surface area (Å²) in [6.45, 7) is 13.3. The zero-order chi connectivity index (χ0) is 27.8. The number of fused-ring (bicyclic) bond motifs is 6. The van der Waals surface area contributed by atoms with E-state index in [9.17, 15) is 0 Å². The average Bonchev–Trinajstić information content (AvgIpc) is 3.44. The first-order valence-corrected chi connectivity index (χ1v) is 14.0. The molecular weight excluding hydrogens is 500 g/mol. The number of benzene rings is 3. The highest BCUT2D eigenvalue weighted by molar-refractivity contribution is 6.08. The average molecular weight is 538 g/mol. The molecule has 0 aliphatic heterocycles. The number of hydrogen-bond donors (Lipinski definition) is 0. The van der Waals surface area contributed by atoms with E-state index in [1.807, 2.05) is 0 Å². The second-order valence-electron chi connectivity index (χ2n) is 12.9. The molecule has 0 spiro atoms. The van der Waals surface area contributed by atoms with Gasteiger partial charge in [-0.3, -0.25) is 0 Å². The lowest BCUT2D eigenvalue weighted by molar-refractivity contribution is 0.571. The Hall–Kier alpha value is -4.44. The summed E-state index contributed by atoms with van der Waals surface area (Å²) in [5.74, 6) is 0. The van der Waals surface area contributed by atoms with E-state index in [-0.39, 0.29) is 18.3 Å². The molecule has 3 aromatic carbocycles. The summed E-state index contributed by atoms with van der Waals surface area (Å²) >= 11 is 0. The molecule has 0 N–H and O–H groups in total. The van der Waals surface area contributed by atoms with Crippen LogP contribution in [0.15, 0.2) is 97.1 Å². The predicted molar refractivity (Wildman–Crippen MR) is 175 cm³/mol. The molecule has 7 aromatic rings. The molecule has 4 nitrogen and oxygen atoms in total. The van der Waals surface area contributed by atoms with Crippen molar-refractivity contribution in [3.63, 3.8) is 0 Å². The fraction of sp³-hybridized carbons (Fsp3) is 0.216. The van der Waals surface area contributed by atoms with Crippen LogP contribution in [0.3, 0.4) is 0 Å². The van der Waals surface area contributed by atoms with Gasteiger partial charge in [0.1, 0.15) is 0 Å². The Morgan fingerprint density at radius 1 is 0.463 bits per heavy atom. The quantitative estimate of drug-likeness (QED) is 0.206. The van der Waals surface area contributed by atoms with Gasteiger partial charge in [0.2, 0.25) is 0 Å². The second-order valence-corrected chi connectivity index (χ2v) is 12.9. The molecular formula is C37H37N4-. The minimum Gasteiger partial charge on any atom is -0.358 e. The summed E-state index contributed by atoms with van der Waals surface area (Å²) < 4.78 is 4.69. The lowest BCUT2D eigenvalue weighted by atomic mass is 9.91. The third-order valence-corrected chi connectivity index (χ3v) is 7.91. The lowest BCUT2D eigenvalue weighted by Gasteiger charge is -2.18. The number of para-hydroxylation sites is 2. The Morgan fingerprint density at radius 3 is 1.29 bits per heavy atom. The maximum absolute atomic E-state index is 5.17. The van der Waals surface area contributed by atoms with Crippen molar-refractivity contribution in [3.8, 4) is 11.4 Å². The van der Waals surface area contributed by atoms with E-state index in [0.29, 0.717) is 0 Å². The van der Waals surface area contributed by atoms with Crippen molar-refractivity contribution in [2.24, 2.45) is 0 Å². The number of nitrogens with zero attached hydrogens (tertiary/aromatic N) is 4. The normalized spacial score (nSPS) is 12.4. The van der Waals surface area contributed by atoms with Crippen molar-refractivity contribution in [1.82, 2.24) is 19.1 Å². The van der Waals surface area contributed by atoms with Gasteiger partial charge in [0, 0.05) is 44.4 Å². The second kappa shape index (κ2) is 9.31. The summed E-state index contributed by atoms with van der Waals surface area (Å²) in [6, 6.07) is 34.8. The van der Waals surface area contributed by atoms with Gasteiger partial charge in [-0.2, -0.15) is 0 Å². The van der Waals surface area contributed by atoms with Gasteiger partial charge in [-0.25, -0.2) is 9.97 Å². The van der Waals surface area contributed by atoms with E-state index in [1.165, 1.54) is 10.8 Å². The van der Waals surface area contributed by atoms with E-state index >= 15 is 0 Å². The highest BCUT2D eigenvalue weighted by Crippen LogP contribution is 2.36. The Kier molecular flexibility index (Phi) is 6.07. The number of pyridine rings is 2. The van der Waals surface area contributed by atoms with Crippen LogP contribution in [0.1, 0.15) is 52.9 Å². The molecule has 4 heterocycles. The molecule has 0 amide bonds. The van der Waals surface area contributed by atoms with Crippen LogP contribution in [0.5, 0.6) is 0 Å². The summed E-state index contributed by atoms with van der Waals surface area (Å²) in [7, 11) is 0. The smallest absolute Gasteiger partial charge is 0.0967 e. The standard InChI is InChI=1S/C36H34N4.CH3/c1-35(2,3)31-20-18-29-33(37-31)25-14-7-9-16-27(25)39(29)23-12-11-13-24(22-23)40-28-17-10-8-15-26(28)34-30(40)19-21-32(38-34)36(4,5)6;/h7-22H,1-6H3;1H3/q;-1. The Labute approximate surface area is 242 Å². The zero-order valence-corrected chi connectivity index (χ0v) is 25.0. The fourth-order valence-corrected chi connectivity index (χ4v) is 5.82. The van der Waals surface area contributed by atoms with Gasteiger partial charge in [0.25, 0.3) is 0 Å². The van der Waals surface area contributed by atoms with Gasteiger partial charge in [-0.05, 0) is 54.6 Å². The van der Waals surface area contributed by atoms with Gasteiger partial charge < -0.3 is 16.6 Å². The molecule has 0 radical (unpaired) electrons. The minimum atomic E-state index is -0.0191. The maximum Gasteiger partial charge on any atom is 0.0967 e. The van der Waals surface area contributed by atoms with Crippen molar-refractivity contribution in [2.75, 3.05) is 0 Å². The summed E-state index contributed by atoms with van der Waals surface area (Å²) in [5.41, 5.74) is 11.0. The molecule has 0 atom stereocenters. The van der Waals surface area contributed by atoms with Crippen molar-refractivity contribution in [3.05, 3.63) is 116 Å². The molecule has 0 unspecified atom stereocenters. The van der Waals surface area contributed by atoms with E-state index in [1.54, 1.807) is 0 Å². The third kappa shape index (κ3) is 4.21. The third-order valence-electron chi connectivity index (χ3n) is 7.91. The minimum absolute atomic E-state index is 0. The number of rotatable bonds is 2. The van der Waals surface area contributed by atoms with Crippen LogP contribution in [0.2, 0.25) is 0 Å². The molecule has 206 valence electrons. The first kappa shape index (κ1) is 26.8. The summed E-state index contributed by atoms with van der Waals surface area (Å²) in [4.78, 5) is 10.3. The van der Waals surface area contributed by atoms with Gasteiger partial charge in [0.15, 0.2) is 0 Å². The van der Waals surface area contributed by atoms with Crippen LogP contribution >= 0.6 is 0 Å². The van der Waals surface area contributed by atoms with Crippen LogP contribution in [0, 0.1) is 7.43 Å². The highest BCUT2D eigenvalue weighted by Gasteiger charge is 2.21. The zero-order valence-electron chi connectivity index (χ0n) is 25.0. The van der Waals surface area contributed by atoms with Crippen molar-refractivity contribution >= 4 is 43.9 Å². The van der Waals surface area contributed by atoms with Crippen molar-refractivity contribution < 1.29 is 0 Å². The van der Waals surface area contributed by atoms with Gasteiger partial charge in [0.05, 0.1) is 33.1 Å². The lowest BCUT2D eigenvalue weighted by Crippen LogP contribution is -2.13. The SMILES string of the molecule is CC(C)(C)c1ccc2c(n1)c1ccccc1n2-c1cccc(-n2c3ccccc3c3nc(C(C)(C)C)ccc32)c1.[CH3-]. The van der Waals surface area contributed by atoms with Crippen LogP contribution in [0.4, 0.5) is 0 Å². The highest BCUT2D eigenvalue weighted by atomic mass is 15.0. The van der Waals surface area contributed by atoms with Crippen LogP contribution < -0.4 is 0 Å². The van der Waals surface area contributed by atoms with Crippen LogP contribution in [-0.2, 0) is 10.8 Å². The molecule has 0 aliphatic carbocycles. The van der Waals surface area contributed by atoms with E-state index < -0.39 is 0 Å². The summed E-state index contributed by atoms with van der Waals surface area (Å²) in [5, 5.41) is 2.34. The molecule has 0 fully saturated rings. The number of hydrogen-bond acceptors (Lipinski definition) is 2. The molecule has 0 aliphatic rings. The molecule has 0 saturated heterocycles. The Bertz CT molecular complexity index is 1930.